The average Bonchev–Trinajstić information content (AvgIpc) is 2.69. The molecule has 4 rings (SSSR count). The molecule has 0 amide bonds. The van der Waals surface area contributed by atoms with Gasteiger partial charge in [-0.05, 0) is 50.9 Å². The summed E-state index contributed by atoms with van der Waals surface area (Å²) < 4.78 is 0. The molecule has 136 valence electrons. The molecule has 2 aromatic rings. The third-order valence-corrected chi connectivity index (χ3v) is 5.86. The second-order valence-electron chi connectivity index (χ2n) is 7.56. The standard InChI is InChI=1S/C20H26N6/c1-25-8-10-26(11-9-25)17-5-3-16(4-6-17)24-20-18-12-15(13-21)2-7-19(18)22-14-23-20/h2,7,12,14,16-17H,3-6,8-11H2,1H3,(H,22,23,24)/t16-,17-. The third-order valence-electron chi connectivity index (χ3n) is 5.86. The molecule has 1 aliphatic heterocycles. The zero-order chi connectivity index (χ0) is 17.9. The van der Waals surface area contributed by atoms with Crippen LogP contribution in [0.4, 0.5) is 5.82 Å². The van der Waals surface area contributed by atoms with E-state index >= 15 is 0 Å². The van der Waals surface area contributed by atoms with Gasteiger partial charge in [-0.3, -0.25) is 4.90 Å². The van der Waals surface area contributed by atoms with E-state index in [2.05, 4.69) is 38.2 Å². The largest absolute Gasteiger partial charge is 0.367 e. The van der Waals surface area contributed by atoms with Gasteiger partial charge in [-0.25, -0.2) is 9.97 Å². The summed E-state index contributed by atoms with van der Waals surface area (Å²) in [5.41, 5.74) is 1.53. The van der Waals surface area contributed by atoms with E-state index in [1.807, 2.05) is 12.1 Å². The number of anilines is 1. The van der Waals surface area contributed by atoms with Gasteiger partial charge in [0.05, 0.1) is 17.1 Å². The van der Waals surface area contributed by atoms with E-state index < -0.39 is 0 Å². The zero-order valence-electron chi connectivity index (χ0n) is 15.4. The second-order valence-corrected chi connectivity index (χ2v) is 7.56. The van der Waals surface area contributed by atoms with Crippen LogP contribution < -0.4 is 5.32 Å². The number of hydrogen-bond acceptors (Lipinski definition) is 6. The Morgan fingerprint density at radius 2 is 1.85 bits per heavy atom. The number of piperazine rings is 1. The molecular weight excluding hydrogens is 324 g/mol. The fraction of sp³-hybridized carbons (Fsp3) is 0.550. The Morgan fingerprint density at radius 1 is 1.08 bits per heavy atom. The van der Waals surface area contributed by atoms with Crippen LogP contribution in [-0.4, -0.2) is 65.1 Å². The van der Waals surface area contributed by atoms with Gasteiger partial charge in [0.1, 0.15) is 12.1 Å². The van der Waals surface area contributed by atoms with E-state index in [1.165, 1.54) is 51.9 Å². The number of benzene rings is 1. The molecule has 2 heterocycles. The van der Waals surface area contributed by atoms with Gasteiger partial charge in [-0.2, -0.15) is 5.26 Å². The first-order valence-electron chi connectivity index (χ1n) is 9.57. The van der Waals surface area contributed by atoms with Crippen LogP contribution in [0, 0.1) is 11.3 Å². The van der Waals surface area contributed by atoms with Crippen molar-refractivity contribution in [1.82, 2.24) is 19.8 Å². The van der Waals surface area contributed by atoms with Gasteiger partial charge in [0.2, 0.25) is 0 Å². The van der Waals surface area contributed by atoms with Crippen LogP contribution in [0.25, 0.3) is 10.9 Å². The molecule has 1 aromatic heterocycles. The van der Waals surface area contributed by atoms with E-state index in [-0.39, 0.29) is 0 Å². The molecule has 0 spiro atoms. The Bertz CT molecular complexity index is 798. The molecule has 2 fully saturated rings. The van der Waals surface area contributed by atoms with Gasteiger partial charge in [0.25, 0.3) is 0 Å². The predicted molar refractivity (Wildman–Crippen MR) is 103 cm³/mol. The summed E-state index contributed by atoms with van der Waals surface area (Å²) in [6.45, 7) is 4.78. The predicted octanol–water partition coefficient (Wildman–Crippen LogP) is 2.47. The maximum Gasteiger partial charge on any atom is 0.137 e. The summed E-state index contributed by atoms with van der Waals surface area (Å²) in [4.78, 5) is 13.9. The van der Waals surface area contributed by atoms with E-state index in [4.69, 9.17) is 5.26 Å². The number of nitriles is 1. The third kappa shape index (κ3) is 3.64. The quantitative estimate of drug-likeness (QED) is 0.917. The van der Waals surface area contributed by atoms with Gasteiger partial charge < -0.3 is 10.2 Å². The number of fused-ring (bicyclic) bond motifs is 1. The SMILES string of the molecule is CN1CCN([C@H]2CC[C@H](Nc3ncnc4ccc(C#N)cc34)CC2)CC1. The topological polar surface area (TPSA) is 68.1 Å². The van der Waals surface area contributed by atoms with Crippen LogP contribution >= 0.6 is 0 Å². The minimum Gasteiger partial charge on any atom is -0.367 e. The fourth-order valence-corrected chi connectivity index (χ4v) is 4.21. The van der Waals surface area contributed by atoms with Crippen molar-refractivity contribution in [2.24, 2.45) is 0 Å². The number of nitrogens with one attached hydrogen (secondary N) is 1. The van der Waals surface area contributed by atoms with Crippen molar-refractivity contribution < 1.29 is 0 Å². The lowest BCUT2D eigenvalue weighted by Gasteiger charge is -2.41. The van der Waals surface area contributed by atoms with Crippen LogP contribution in [-0.2, 0) is 0 Å². The highest BCUT2D eigenvalue weighted by Gasteiger charge is 2.27. The fourth-order valence-electron chi connectivity index (χ4n) is 4.21. The number of rotatable bonds is 3. The number of hydrogen-bond donors (Lipinski definition) is 1. The lowest BCUT2D eigenvalue weighted by Crippen LogP contribution is -2.50. The van der Waals surface area contributed by atoms with Gasteiger partial charge in [-0.15, -0.1) is 0 Å². The molecule has 0 radical (unpaired) electrons. The van der Waals surface area contributed by atoms with Crippen molar-refractivity contribution in [3.63, 3.8) is 0 Å². The molecule has 1 saturated carbocycles. The Hall–Kier alpha value is -2.23. The lowest BCUT2D eigenvalue weighted by molar-refractivity contribution is 0.0894. The van der Waals surface area contributed by atoms with Crippen LogP contribution in [0.3, 0.4) is 0 Å². The van der Waals surface area contributed by atoms with E-state index in [1.54, 1.807) is 12.4 Å². The van der Waals surface area contributed by atoms with Crippen molar-refractivity contribution >= 4 is 16.7 Å². The summed E-state index contributed by atoms with van der Waals surface area (Å²) in [6, 6.07) is 8.96. The zero-order valence-corrected chi connectivity index (χ0v) is 15.4. The Morgan fingerprint density at radius 3 is 2.58 bits per heavy atom. The Kier molecular flexibility index (Phi) is 5.00. The highest BCUT2D eigenvalue weighted by molar-refractivity contribution is 5.89. The van der Waals surface area contributed by atoms with E-state index in [0.717, 1.165) is 22.8 Å². The number of aromatic nitrogens is 2. The molecule has 1 aromatic carbocycles. The van der Waals surface area contributed by atoms with E-state index in [0.29, 0.717) is 11.6 Å². The minimum atomic E-state index is 0.447. The molecule has 0 unspecified atom stereocenters. The molecule has 1 saturated heterocycles. The van der Waals surface area contributed by atoms with Crippen LogP contribution in [0.15, 0.2) is 24.5 Å². The maximum atomic E-state index is 9.16. The normalized spacial score (nSPS) is 25.1. The maximum absolute atomic E-state index is 9.16. The molecule has 1 N–H and O–H groups in total. The summed E-state index contributed by atoms with van der Waals surface area (Å²) in [5.74, 6) is 0.857. The molecule has 0 atom stereocenters. The molecule has 6 nitrogen and oxygen atoms in total. The molecule has 2 aliphatic rings. The molecule has 0 bridgehead atoms. The molecule has 6 heteroatoms. The van der Waals surface area contributed by atoms with E-state index in [9.17, 15) is 0 Å². The molecular formula is C20H26N6. The monoisotopic (exact) mass is 350 g/mol. The summed E-state index contributed by atoms with van der Waals surface area (Å²) in [7, 11) is 2.21. The summed E-state index contributed by atoms with van der Waals surface area (Å²) in [6.07, 6.45) is 6.43. The Labute approximate surface area is 154 Å². The van der Waals surface area contributed by atoms with Crippen LogP contribution in [0.2, 0.25) is 0 Å². The lowest BCUT2D eigenvalue weighted by atomic mass is 9.89. The molecule has 26 heavy (non-hydrogen) atoms. The van der Waals surface area contributed by atoms with Gasteiger partial charge in [0, 0.05) is 43.6 Å². The summed E-state index contributed by atoms with van der Waals surface area (Å²) >= 11 is 0. The van der Waals surface area contributed by atoms with Crippen molar-refractivity contribution in [2.75, 3.05) is 38.5 Å². The van der Waals surface area contributed by atoms with Crippen molar-refractivity contribution in [1.29, 1.82) is 5.26 Å². The second kappa shape index (κ2) is 7.56. The van der Waals surface area contributed by atoms with Crippen LogP contribution in [0.5, 0.6) is 0 Å². The first-order valence-corrected chi connectivity index (χ1v) is 9.57. The first kappa shape index (κ1) is 17.2. The smallest absolute Gasteiger partial charge is 0.137 e. The van der Waals surface area contributed by atoms with Gasteiger partial charge in [0.15, 0.2) is 0 Å². The highest BCUT2D eigenvalue weighted by Crippen LogP contribution is 2.28. The highest BCUT2D eigenvalue weighted by atomic mass is 15.3. The first-order chi connectivity index (χ1) is 12.7. The van der Waals surface area contributed by atoms with Crippen molar-refractivity contribution in [3.8, 4) is 6.07 Å². The summed E-state index contributed by atoms with van der Waals surface area (Å²) in [5, 5.41) is 13.7. The van der Waals surface area contributed by atoms with Gasteiger partial charge in [-0.1, -0.05) is 0 Å². The van der Waals surface area contributed by atoms with Gasteiger partial charge >= 0.3 is 0 Å². The minimum absolute atomic E-state index is 0.447. The van der Waals surface area contributed by atoms with Crippen molar-refractivity contribution in [3.05, 3.63) is 30.1 Å². The number of likely N-dealkylation sites (N-methyl/N-ethyl adjacent to an activating group) is 1. The number of nitrogens with zero attached hydrogens (tertiary/aromatic N) is 5. The van der Waals surface area contributed by atoms with Crippen LogP contribution in [0.1, 0.15) is 31.2 Å². The molecule has 1 aliphatic carbocycles. The average molecular weight is 350 g/mol. The Balaban J connectivity index is 1.40. The van der Waals surface area contributed by atoms with Crippen molar-refractivity contribution in [2.45, 2.75) is 37.8 Å².